The lowest BCUT2D eigenvalue weighted by atomic mass is 10.0. The summed E-state index contributed by atoms with van der Waals surface area (Å²) in [5.41, 5.74) is 0.549. The van der Waals surface area contributed by atoms with E-state index >= 15 is 0 Å². The summed E-state index contributed by atoms with van der Waals surface area (Å²) in [4.78, 5) is 0. The van der Waals surface area contributed by atoms with Crippen LogP contribution in [-0.4, -0.2) is 18.2 Å². The van der Waals surface area contributed by atoms with Crippen LogP contribution in [0, 0.1) is 5.82 Å². The maximum absolute atomic E-state index is 13.5. The molecular formula is C14H17ClFNO. The van der Waals surface area contributed by atoms with Crippen molar-refractivity contribution >= 4 is 11.6 Å². The van der Waals surface area contributed by atoms with E-state index in [0.29, 0.717) is 29.3 Å². The molecule has 18 heavy (non-hydrogen) atoms. The number of ether oxygens (including phenoxy) is 1. The number of fused-ring (bicyclic) bond motifs is 2. The van der Waals surface area contributed by atoms with Crippen LogP contribution in [0.1, 0.15) is 31.2 Å². The first-order valence-electron chi connectivity index (χ1n) is 6.52. The summed E-state index contributed by atoms with van der Waals surface area (Å²) in [7, 11) is 0. The van der Waals surface area contributed by atoms with Gasteiger partial charge in [0, 0.05) is 22.7 Å². The fraction of sp³-hybridized carbons (Fsp3) is 0.571. The first-order valence-corrected chi connectivity index (χ1v) is 6.90. The highest BCUT2D eigenvalue weighted by Crippen LogP contribution is 2.29. The van der Waals surface area contributed by atoms with E-state index in [1.165, 1.54) is 18.9 Å². The molecule has 0 aromatic heterocycles. The molecule has 2 nitrogen and oxygen atoms in total. The molecule has 2 unspecified atom stereocenters. The molecule has 0 spiro atoms. The largest absolute Gasteiger partial charge is 0.373 e. The van der Waals surface area contributed by atoms with Gasteiger partial charge in [0.15, 0.2) is 0 Å². The molecule has 2 bridgehead atoms. The third-order valence-corrected chi connectivity index (χ3v) is 4.15. The number of halogens is 2. The van der Waals surface area contributed by atoms with E-state index in [9.17, 15) is 4.39 Å². The van der Waals surface area contributed by atoms with E-state index in [1.807, 2.05) is 0 Å². The number of benzene rings is 1. The van der Waals surface area contributed by atoms with Crippen LogP contribution in [-0.2, 0) is 11.3 Å². The SMILES string of the molecule is Fc1ccc(Cl)cc1COC1CC2CCC(C1)N2. The Labute approximate surface area is 111 Å². The van der Waals surface area contributed by atoms with Crippen LogP contribution in [0.15, 0.2) is 18.2 Å². The predicted molar refractivity (Wildman–Crippen MR) is 69.2 cm³/mol. The van der Waals surface area contributed by atoms with Gasteiger partial charge in [0.1, 0.15) is 5.82 Å². The first kappa shape index (κ1) is 12.4. The number of nitrogens with one attached hydrogen (secondary N) is 1. The Morgan fingerprint density at radius 1 is 1.28 bits per heavy atom. The van der Waals surface area contributed by atoms with Crippen LogP contribution in [0.3, 0.4) is 0 Å². The molecule has 1 aromatic carbocycles. The fourth-order valence-corrected chi connectivity index (χ4v) is 3.20. The maximum atomic E-state index is 13.5. The Bertz CT molecular complexity index is 428. The molecule has 2 atom stereocenters. The Morgan fingerprint density at radius 3 is 2.72 bits per heavy atom. The molecule has 3 rings (SSSR count). The molecule has 2 aliphatic heterocycles. The van der Waals surface area contributed by atoms with Crippen molar-refractivity contribution in [2.45, 2.75) is 50.5 Å². The van der Waals surface area contributed by atoms with E-state index in [4.69, 9.17) is 16.3 Å². The average Bonchev–Trinajstić information content (AvgIpc) is 2.70. The molecule has 1 aromatic rings. The lowest BCUT2D eigenvalue weighted by molar-refractivity contribution is 0.00800. The van der Waals surface area contributed by atoms with Crippen molar-refractivity contribution in [2.24, 2.45) is 0 Å². The molecule has 2 fully saturated rings. The summed E-state index contributed by atoms with van der Waals surface area (Å²) < 4.78 is 19.4. The summed E-state index contributed by atoms with van der Waals surface area (Å²) in [5, 5.41) is 4.12. The molecular weight excluding hydrogens is 253 g/mol. The van der Waals surface area contributed by atoms with Crippen LogP contribution in [0.5, 0.6) is 0 Å². The van der Waals surface area contributed by atoms with Crippen molar-refractivity contribution in [3.8, 4) is 0 Å². The van der Waals surface area contributed by atoms with Gasteiger partial charge in [-0.2, -0.15) is 0 Å². The second-order valence-corrected chi connectivity index (χ2v) is 5.71. The smallest absolute Gasteiger partial charge is 0.128 e. The molecule has 0 aliphatic carbocycles. The molecule has 1 N–H and O–H groups in total. The van der Waals surface area contributed by atoms with Gasteiger partial charge in [0.05, 0.1) is 12.7 Å². The summed E-state index contributed by atoms with van der Waals surface area (Å²) in [6.07, 6.45) is 4.82. The van der Waals surface area contributed by atoms with Crippen molar-refractivity contribution in [1.82, 2.24) is 5.32 Å². The average molecular weight is 270 g/mol. The minimum Gasteiger partial charge on any atom is -0.373 e. The van der Waals surface area contributed by atoms with E-state index in [-0.39, 0.29) is 11.9 Å². The van der Waals surface area contributed by atoms with Gasteiger partial charge in [-0.15, -0.1) is 0 Å². The van der Waals surface area contributed by atoms with Crippen LogP contribution in [0.2, 0.25) is 5.02 Å². The van der Waals surface area contributed by atoms with Gasteiger partial charge in [0.2, 0.25) is 0 Å². The lowest BCUT2D eigenvalue weighted by Crippen LogP contribution is -2.41. The van der Waals surface area contributed by atoms with Crippen molar-refractivity contribution < 1.29 is 9.13 Å². The van der Waals surface area contributed by atoms with Gasteiger partial charge >= 0.3 is 0 Å². The Balaban J connectivity index is 1.59. The molecule has 2 saturated heterocycles. The van der Waals surface area contributed by atoms with Gasteiger partial charge < -0.3 is 10.1 Å². The molecule has 4 heteroatoms. The fourth-order valence-electron chi connectivity index (χ4n) is 3.00. The Hall–Kier alpha value is -0.640. The highest BCUT2D eigenvalue weighted by atomic mass is 35.5. The minimum atomic E-state index is -0.240. The van der Waals surface area contributed by atoms with Crippen molar-refractivity contribution in [1.29, 1.82) is 0 Å². The molecule has 0 radical (unpaired) electrons. The van der Waals surface area contributed by atoms with Crippen LogP contribution >= 0.6 is 11.6 Å². The summed E-state index contributed by atoms with van der Waals surface area (Å²) in [5.74, 6) is -0.240. The number of hydrogen-bond acceptors (Lipinski definition) is 2. The topological polar surface area (TPSA) is 21.3 Å². The van der Waals surface area contributed by atoms with Gasteiger partial charge in [-0.3, -0.25) is 0 Å². The molecule has 98 valence electrons. The Kier molecular flexibility index (Phi) is 3.55. The van der Waals surface area contributed by atoms with Crippen LogP contribution in [0.25, 0.3) is 0 Å². The monoisotopic (exact) mass is 269 g/mol. The molecule has 0 amide bonds. The second-order valence-electron chi connectivity index (χ2n) is 5.28. The molecule has 0 saturated carbocycles. The standard InChI is InChI=1S/C14H17ClFNO/c15-10-1-4-14(16)9(5-10)8-18-13-6-11-2-3-12(7-13)17-11/h1,4-5,11-13,17H,2-3,6-8H2. The minimum absolute atomic E-state index is 0.240. The quantitative estimate of drug-likeness (QED) is 0.909. The maximum Gasteiger partial charge on any atom is 0.128 e. The van der Waals surface area contributed by atoms with Gasteiger partial charge in [-0.05, 0) is 43.9 Å². The lowest BCUT2D eigenvalue weighted by Gasteiger charge is -2.29. The zero-order valence-electron chi connectivity index (χ0n) is 10.2. The van der Waals surface area contributed by atoms with Gasteiger partial charge in [0.25, 0.3) is 0 Å². The molecule has 2 aliphatic rings. The van der Waals surface area contributed by atoms with Crippen LogP contribution < -0.4 is 5.32 Å². The zero-order valence-corrected chi connectivity index (χ0v) is 10.9. The van der Waals surface area contributed by atoms with Gasteiger partial charge in [-0.25, -0.2) is 4.39 Å². The number of piperidine rings is 1. The van der Waals surface area contributed by atoms with Crippen molar-refractivity contribution in [3.63, 3.8) is 0 Å². The summed E-state index contributed by atoms with van der Waals surface area (Å²) >= 11 is 5.86. The van der Waals surface area contributed by atoms with Crippen molar-refractivity contribution in [2.75, 3.05) is 0 Å². The van der Waals surface area contributed by atoms with Gasteiger partial charge in [-0.1, -0.05) is 11.6 Å². The summed E-state index contributed by atoms with van der Waals surface area (Å²) in [6.45, 7) is 0.316. The van der Waals surface area contributed by atoms with E-state index in [2.05, 4.69) is 5.32 Å². The van der Waals surface area contributed by atoms with Crippen LogP contribution in [0.4, 0.5) is 4.39 Å². The Morgan fingerprint density at radius 2 is 2.00 bits per heavy atom. The normalized spacial score (nSPS) is 30.7. The third-order valence-electron chi connectivity index (χ3n) is 3.91. The number of hydrogen-bond donors (Lipinski definition) is 1. The predicted octanol–water partition coefficient (Wildman–Crippen LogP) is 3.28. The summed E-state index contributed by atoms with van der Waals surface area (Å²) in [6, 6.07) is 5.79. The van der Waals surface area contributed by atoms with E-state index in [0.717, 1.165) is 12.8 Å². The van der Waals surface area contributed by atoms with Crippen molar-refractivity contribution in [3.05, 3.63) is 34.6 Å². The molecule has 2 heterocycles. The first-order chi connectivity index (χ1) is 8.70. The zero-order chi connectivity index (χ0) is 12.5. The highest BCUT2D eigenvalue weighted by Gasteiger charge is 2.33. The highest BCUT2D eigenvalue weighted by molar-refractivity contribution is 6.30. The third kappa shape index (κ3) is 2.68. The second kappa shape index (κ2) is 5.16. The van der Waals surface area contributed by atoms with E-state index in [1.54, 1.807) is 12.1 Å². The number of rotatable bonds is 3. The van der Waals surface area contributed by atoms with E-state index < -0.39 is 0 Å².